The maximum absolute atomic E-state index is 10.9. The van der Waals surface area contributed by atoms with Crippen molar-refractivity contribution >= 4 is 18.5 Å². The van der Waals surface area contributed by atoms with Gasteiger partial charge in [-0.05, 0) is 58.4 Å². The third-order valence-electron chi connectivity index (χ3n) is 5.82. The molecule has 0 aliphatic carbocycles. The fourth-order valence-electron chi connectivity index (χ4n) is 3.93. The summed E-state index contributed by atoms with van der Waals surface area (Å²) in [7, 11) is 0. The van der Waals surface area contributed by atoms with Crippen molar-refractivity contribution in [2.75, 3.05) is 0 Å². The van der Waals surface area contributed by atoms with E-state index in [1.807, 2.05) is 18.2 Å². The molecule has 0 radical (unpaired) electrons. The van der Waals surface area contributed by atoms with Crippen LogP contribution in [0, 0.1) is 0 Å². The number of aliphatic hydroxyl groups is 1. The van der Waals surface area contributed by atoms with Crippen LogP contribution in [0.5, 0.6) is 5.75 Å². The van der Waals surface area contributed by atoms with Crippen molar-refractivity contribution in [3.63, 3.8) is 0 Å². The fraction of sp³-hybridized carbons (Fsp3) is 0.536. The molecule has 0 spiro atoms. The van der Waals surface area contributed by atoms with Crippen molar-refractivity contribution in [1.29, 1.82) is 0 Å². The number of rotatable bonds is 9. The smallest absolute Gasteiger partial charge is 0.148 e. The summed E-state index contributed by atoms with van der Waals surface area (Å²) in [5.74, 6) is 2.50. The quantitative estimate of drug-likeness (QED) is 0.223. The van der Waals surface area contributed by atoms with Crippen LogP contribution in [-0.2, 0) is 11.2 Å². The third kappa shape index (κ3) is 8.16. The second-order valence-corrected chi connectivity index (χ2v) is 10.1. The highest BCUT2D eigenvalue weighted by Crippen LogP contribution is 2.35. The Hall–Kier alpha value is -1.82. The molecule has 1 unspecified atom stereocenters. The molecule has 0 aromatic heterocycles. The van der Waals surface area contributed by atoms with Crippen LogP contribution in [-0.4, -0.2) is 11.4 Å². The number of carbonyl (C=O) groups is 1. The fourth-order valence-corrected chi connectivity index (χ4v) is 4.21. The summed E-state index contributed by atoms with van der Waals surface area (Å²) in [4.78, 5) is 10.9. The highest BCUT2D eigenvalue weighted by Gasteiger charge is 2.17. The highest BCUT2D eigenvalue weighted by atomic mass is 32.2. The predicted molar refractivity (Wildman–Crippen MR) is 142 cm³/mol. The van der Waals surface area contributed by atoms with E-state index < -0.39 is 6.10 Å². The summed E-state index contributed by atoms with van der Waals surface area (Å²) < 4.78 is 5.33. The Morgan fingerprint density at radius 3 is 1.70 bits per heavy atom. The van der Waals surface area contributed by atoms with Gasteiger partial charge in [0, 0.05) is 12.0 Å². The molecule has 0 amide bonds. The van der Waals surface area contributed by atoms with Gasteiger partial charge < -0.3 is 14.1 Å². The second kappa shape index (κ2) is 13.8. The van der Waals surface area contributed by atoms with Crippen molar-refractivity contribution in [3.05, 3.63) is 63.7 Å². The lowest BCUT2D eigenvalue weighted by molar-refractivity contribution is -0.107. The lowest BCUT2D eigenvalue weighted by atomic mass is 9.83. The van der Waals surface area contributed by atoms with Crippen molar-refractivity contribution in [3.8, 4) is 5.75 Å². The van der Waals surface area contributed by atoms with Crippen LogP contribution in [0.1, 0.15) is 125 Å². The zero-order valence-corrected chi connectivity index (χ0v) is 22.6. The first-order valence-corrected chi connectivity index (χ1v) is 12.7. The summed E-state index contributed by atoms with van der Waals surface area (Å²) in [5.41, 5.74) is 7.16. The number of aldehydes is 1. The molecular formula is C28H43NO3S. The highest BCUT2D eigenvalue weighted by molar-refractivity contribution is 7.92. The van der Waals surface area contributed by atoms with Gasteiger partial charge in [0.2, 0.25) is 0 Å². The van der Waals surface area contributed by atoms with E-state index in [1.165, 1.54) is 22.3 Å². The Balaban J connectivity index is 0.000000335. The predicted octanol–water partition coefficient (Wildman–Crippen LogP) is 7.56. The van der Waals surface area contributed by atoms with Gasteiger partial charge in [-0.3, -0.25) is 0 Å². The minimum Gasteiger partial charge on any atom is -0.409 e. The molecular weight excluding hydrogens is 430 g/mol. The van der Waals surface area contributed by atoms with Crippen molar-refractivity contribution in [2.45, 2.75) is 98.5 Å². The van der Waals surface area contributed by atoms with Crippen molar-refractivity contribution < 1.29 is 14.1 Å². The normalized spacial score (nSPS) is 12.2. The first kappa shape index (κ1) is 29.2. The van der Waals surface area contributed by atoms with Gasteiger partial charge in [-0.2, -0.15) is 0 Å². The molecule has 5 heteroatoms. The summed E-state index contributed by atoms with van der Waals surface area (Å²) in [5, 5.41) is 14.9. The number of hydrogen-bond donors (Lipinski definition) is 2. The van der Waals surface area contributed by atoms with E-state index in [-0.39, 0.29) is 0 Å². The first-order chi connectivity index (χ1) is 15.5. The van der Waals surface area contributed by atoms with Gasteiger partial charge in [0.05, 0.1) is 6.10 Å². The van der Waals surface area contributed by atoms with Crippen LogP contribution in [0.15, 0.2) is 30.3 Å². The minimum atomic E-state index is -0.550. The number of carbonyl (C=O) groups excluding carboxylic acids is 1. The summed E-state index contributed by atoms with van der Waals surface area (Å²) >= 11 is 0.807. The molecule has 184 valence electrons. The molecule has 0 bridgehead atoms. The van der Waals surface area contributed by atoms with Gasteiger partial charge in [-0.15, -0.1) is 0 Å². The molecule has 0 saturated heterocycles. The Bertz CT molecular complexity index is 833. The molecule has 0 aliphatic heterocycles. The molecule has 33 heavy (non-hydrogen) atoms. The van der Waals surface area contributed by atoms with E-state index in [9.17, 15) is 9.90 Å². The lowest BCUT2D eigenvalue weighted by Gasteiger charge is -2.21. The average Bonchev–Trinajstić information content (AvgIpc) is 2.74. The molecule has 2 aromatic rings. The van der Waals surface area contributed by atoms with Crippen LogP contribution >= 0.6 is 12.2 Å². The molecule has 1 atom stereocenters. The zero-order valence-electron chi connectivity index (χ0n) is 21.8. The van der Waals surface area contributed by atoms with Crippen molar-refractivity contribution in [2.24, 2.45) is 5.14 Å². The summed E-state index contributed by atoms with van der Waals surface area (Å²) in [6.07, 6.45) is 1.02. The zero-order chi connectivity index (χ0) is 25.3. The summed E-state index contributed by atoms with van der Waals surface area (Å²) in [6.45, 7) is 19.1. The molecule has 2 rings (SSSR count). The van der Waals surface area contributed by atoms with Gasteiger partial charge in [-0.25, -0.2) is 5.14 Å². The Morgan fingerprint density at radius 1 is 0.848 bits per heavy atom. The van der Waals surface area contributed by atoms with Crippen LogP contribution in [0.2, 0.25) is 0 Å². The van der Waals surface area contributed by atoms with Crippen molar-refractivity contribution in [1.82, 2.24) is 0 Å². The number of para-hydroxylation sites is 1. The monoisotopic (exact) mass is 473 g/mol. The van der Waals surface area contributed by atoms with Gasteiger partial charge in [0.15, 0.2) is 0 Å². The van der Waals surface area contributed by atoms with Crippen LogP contribution in [0.3, 0.4) is 0 Å². The number of nitrogens with two attached hydrogens (primary N) is 1. The minimum absolute atomic E-state index is 0.339. The van der Waals surface area contributed by atoms with E-state index in [4.69, 9.17) is 9.32 Å². The number of aliphatic hydroxyl groups excluding tert-OH is 1. The van der Waals surface area contributed by atoms with Gasteiger partial charge in [0.25, 0.3) is 0 Å². The van der Waals surface area contributed by atoms with E-state index in [0.717, 1.165) is 29.6 Å². The van der Waals surface area contributed by atoms with Gasteiger partial charge in [0.1, 0.15) is 24.3 Å². The van der Waals surface area contributed by atoms with Gasteiger partial charge >= 0.3 is 0 Å². The van der Waals surface area contributed by atoms with E-state index >= 15 is 0 Å². The third-order valence-corrected chi connectivity index (χ3v) is 6.08. The Kier molecular flexibility index (Phi) is 12.2. The molecule has 0 saturated carbocycles. The maximum atomic E-state index is 10.9. The van der Waals surface area contributed by atoms with E-state index in [1.54, 1.807) is 6.92 Å². The molecule has 3 N–H and O–H groups in total. The molecule has 0 aliphatic rings. The Labute approximate surface area is 205 Å². The largest absolute Gasteiger partial charge is 0.409 e. The number of hydrogen-bond acceptors (Lipinski definition) is 5. The first-order valence-electron chi connectivity index (χ1n) is 11.9. The molecule has 4 nitrogen and oxygen atoms in total. The maximum Gasteiger partial charge on any atom is 0.148 e. The molecule has 0 fully saturated rings. The molecule has 2 aromatic carbocycles. The standard InChI is InChI=1S/C17H26O.C11H17NO2S/c1-11(2)14-9-16(12(3)4)15(7-8-18)17(10-14)13(5)6;1-7(2)9-5-4-6-10(8(3)13)11(9)14-15-12/h8-13H,7H2,1-6H3;4-8,13H,12H2,1-3H3. The van der Waals surface area contributed by atoms with Crippen LogP contribution < -0.4 is 9.32 Å². The summed E-state index contributed by atoms with van der Waals surface area (Å²) in [6, 6.07) is 10.3. The molecule has 0 heterocycles. The van der Waals surface area contributed by atoms with E-state index in [2.05, 4.69) is 67.5 Å². The SMILES string of the molecule is CC(C)c1cc(C(C)C)c(CC=O)c(C(C)C)c1.CC(C)c1cccc(C(C)O)c1OSN. The Morgan fingerprint density at radius 2 is 1.33 bits per heavy atom. The van der Waals surface area contributed by atoms with Crippen LogP contribution in [0.4, 0.5) is 0 Å². The van der Waals surface area contributed by atoms with Gasteiger partial charge in [-0.1, -0.05) is 85.7 Å². The topological polar surface area (TPSA) is 72.5 Å². The lowest BCUT2D eigenvalue weighted by Crippen LogP contribution is -2.07. The average molecular weight is 474 g/mol. The van der Waals surface area contributed by atoms with E-state index in [0.29, 0.717) is 35.8 Å². The number of benzene rings is 2. The second-order valence-electron chi connectivity index (χ2n) is 9.79. The van der Waals surface area contributed by atoms with Crippen LogP contribution in [0.25, 0.3) is 0 Å².